The van der Waals surface area contributed by atoms with Crippen molar-refractivity contribution in [2.45, 2.75) is 18.9 Å². The second kappa shape index (κ2) is 10.1. The highest BCUT2D eigenvalue weighted by atomic mass is 16.5. The summed E-state index contributed by atoms with van der Waals surface area (Å²) in [6.45, 7) is 1.96. The van der Waals surface area contributed by atoms with Crippen LogP contribution in [0.4, 0.5) is 0 Å². The molecule has 3 N–H and O–H groups in total. The van der Waals surface area contributed by atoms with Gasteiger partial charge in [-0.1, -0.05) is 0 Å². The van der Waals surface area contributed by atoms with Gasteiger partial charge in [0.15, 0.2) is 23.0 Å². The normalized spacial score (nSPS) is 12.9. The first kappa shape index (κ1) is 22.4. The highest BCUT2D eigenvalue weighted by Crippen LogP contribution is 2.45. The molecule has 0 bridgehead atoms. The van der Waals surface area contributed by atoms with Crippen molar-refractivity contribution >= 4 is 0 Å². The van der Waals surface area contributed by atoms with Crippen LogP contribution in [0.1, 0.15) is 30.1 Å². The second-order valence-corrected chi connectivity index (χ2v) is 6.21. The van der Waals surface area contributed by atoms with E-state index >= 15 is 0 Å². The van der Waals surface area contributed by atoms with Crippen molar-refractivity contribution in [3.63, 3.8) is 0 Å². The van der Waals surface area contributed by atoms with Crippen molar-refractivity contribution in [2.24, 2.45) is 0 Å². The molecule has 0 spiro atoms. The van der Waals surface area contributed by atoms with Gasteiger partial charge in [0.05, 0.1) is 41.2 Å². The molecule has 0 aliphatic heterocycles. The quantitative estimate of drug-likeness (QED) is 0.551. The number of hydrogen-bond donors (Lipinski definition) is 3. The molecule has 0 saturated heterocycles. The lowest BCUT2D eigenvalue weighted by molar-refractivity contribution is 0.0250. The van der Waals surface area contributed by atoms with Crippen LogP contribution in [0.5, 0.6) is 34.5 Å². The number of aliphatic hydroxyl groups is 1. The molecule has 0 amide bonds. The summed E-state index contributed by atoms with van der Waals surface area (Å²) < 4.78 is 26.9. The molecule has 29 heavy (non-hydrogen) atoms. The summed E-state index contributed by atoms with van der Waals surface area (Å²) in [4.78, 5) is 0. The summed E-state index contributed by atoms with van der Waals surface area (Å²) in [5.41, 5.74) is 1.28. The molecular formula is C21H28O8. The first-order valence-corrected chi connectivity index (χ1v) is 9.07. The van der Waals surface area contributed by atoms with Crippen LogP contribution < -0.4 is 18.9 Å². The zero-order valence-corrected chi connectivity index (χ0v) is 17.3. The van der Waals surface area contributed by atoms with Crippen molar-refractivity contribution in [1.29, 1.82) is 0 Å². The smallest absolute Gasteiger partial charge is 0.200 e. The number of benzene rings is 2. The van der Waals surface area contributed by atoms with Gasteiger partial charge in [-0.25, -0.2) is 0 Å². The van der Waals surface area contributed by atoms with E-state index in [1.54, 1.807) is 24.3 Å². The minimum Gasteiger partial charge on any atom is -0.502 e. The fraction of sp³-hybridized carbons (Fsp3) is 0.429. The topological polar surface area (TPSA) is 107 Å². The van der Waals surface area contributed by atoms with Gasteiger partial charge in [-0.15, -0.1) is 0 Å². The van der Waals surface area contributed by atoms with Gasteiger partial charge >= 0.3 is 0 Å². The van der Waals surface area contributed by atoms with Crippen molar-refractivity contribution in [1.82, 2.24) is 0 Å². The molecule has 0 saturated carbocycles. The van der Waals surface area contributed by atoms with Gasteiger partial charge < -0.3 is 39.0 Å². The van der Waals surface area contributed by atoms with E-state index in [1.807, 2.05) is 6.92 Å². The van der Waals surface area contributed by atoms with Crippen LogP contribution in [0.2, 0.25) is 0 Å². The molecule has 8 heteroatoms. The van der Waals surface area contributed by atoms with Gasteiger partial charge in [0.1, 0.15) is 0 Å². The summed E-state index contributed by atoms with van der Waals surface area (Å²) in [5, 5.41) is 30.6. The van der Waals surface area contributed by atoms with Crippen LogP contribution in [0.3, 0.4) is 0 Å². The van der Waals surface area contributed by atoms with Gasteiger partial charge in [-0.05, 0) is 42.3 Å². The summed E-state index contributed by atoms with van der Waals surface area (Å²) >= 11 is 0. The Bertz CT molecular complexity index is 770. The fourth-order valence-corrected chi connectivity index (χ4v) is 3.21. The van der Waals surface area contributed by atoms with Crippen LogP contribution in [0.25, 0.3) is 0 Å². The number of aromatic hydroxyl groups is 2. The molecule has 0 fully saturated rings. The average molecular weight is 408 g/mol. The maximum Gasteiger partial charge on any atom is 0.200 e. The first-order valence-electron chi connectivity index (χ1n) is 9.07. The van der Waals surface area contributed by atoms with Crippen LogP contribution in [0.15, 0.2) is 24.3 Å². The minimum absolute atomic E-state index is 0.123. The maximum atomic E-state index is 10.2. The Balaban J connectivity index is 2.62. The zero-order chi connectivity index (χ0) is 21.6. The van der Waals surface area contributed by atoms with Gasteiger partial charge in [0.25, 0.3) is 0 Å². The lowest BCUT2D eigenvalue weighted by atomic mass is 9.88. The largest absolute Gasteiger partial charge is 0.502 e. The average Bonchev–Trinajstić information content (AvgIpc) is 2.74. The van der Waals surface area contributed by atoms with E-state index in [0.717, 1.165) is 0 Å². The number of methoxy groups -OCH3 is 4. The van der Waals surface area contributed by atoms with E-state index in [1.165, 1.54) is 28.4 Å². The molecule has 2 aromatic carbocycles. The van der Waals surface area contributed by atoms with Crippen LogP contribution in [0, 0.1) is 0 Å². The molecule has 2 atom stereocenters. The molecule has 2 rings (SSSR count). The summed E-state index contributed by atoms with van der Waals surface area (Å²) in [6, 6.07) is 6.52. The molecule has 0 aliphatic carbocycles. The van der Waals surface area contributed by atoms with Gasteiger partial charge in [-0.3, -0.25) is 0 Å². The van der Waals surface area contributed by atoms with E-state index in [0.29, 0.717) is 17.7 Å². The Hall–Kier alpha value is -2.84. The number of hydrogen-bond acceptors (Lipinski definition) is 8. The Morgan fingerprint density at radius 3 is 1.41 bits per heavy atom. The van der Waals surface area contributed by atoms with Crippen LogP contribution in [-0.2, 0) is 4.74 Å². The fourth-order valence-electron chi connectivity index (χ4n) is 3.21. The Morgan fingerprint density at radius 1 is 0.724 bits per heavy atom. The predicted molar refractivity (Wildman–Crippen MR) is 107 cm³/mol. The first-order chi connectivity index (χ1) is 13.9. The lowest BCUT2D eigenvalue weighted by Crippen LogP contribution is -2.19. The van der Waals surface area contributed by atoms with Gasteiger partial charge in [0.2, 0.25) is 11.5 Å². The summed E-state index contributed by atoms with van der Waals surface area (Å²) in [5.74, 6) is 0.0993. The van der Waals surface area contributed by atoms with E-state index in [9.17, 15) is 15.3 Å². The number of aliphatic hydroxyl groups excluding tert-OH is 1. The third kappa shape index (κ3) is 4.60. The molecule has 0 heterocycles. The second-order valence-electron chi connectivity index (χ2n) is 6.21. The molecule has 2 aromatic rings. The summed E-state index contributed by atoms with van der Waals surface area (Å²) in [6.07, 6.45) is -0.604. The highest BCUT2D eigenvalue weighted by molar-refractivity contribution is 5.55. The Morgan fingerprint density at radius 2 is 1.10 bits per heavy atom. The number of phenolic OH excluding ortho intramolecular Hbond substituents is 2. The number of phenols is 2. The number of ether oxygens (including phenoxy) is 5. The van der Waals surface area contributed by atoms with Crippen molar-refractivity contribution < 1.29 is 39.0 Å². The summed E-state index contributed by atoms with van der Waals surface area (Å²) in [7, 11) is 5.74. The third-order valence-corrected chi connectivity index (χ3v) is 4.67. The Kier molecular flexibility index (Phi) is 7.81. The molecule has 0 aliphatic rings. The predicted octanol–water partition coefficient (Wildman–Crippen LogP) is 2.99. The maximum absolute atomic E-state index is 10.2. The highest BCUT2D eigenvalue weighted by Gasteiger charge is 2.29. The van der Waals surface area contributed by atoms with Gasteiger partial charge in [-0.2, -0.15) is 0 Å². The molecule has 0 radical (unpaired) electrons. The van der Waals surface area contributed by atoms with Crippen LogP contribution in [-0.4, -0.2) is 57.0 Å². The van der Waals surface area contributed by atoms with E-state index in [2.05, 4.69) is 0 Å². The molecule has 8 nitrogen and oxygen atoms in total. The van der Waals surface area contributed by atoms with E-state index in [-0.39, 0.29) is 41.1 Å². The SMILES string of the molecule is CCOC(c1cc(OC)c(O)c(OC)c1)C(CO)c1cc(OC)c(O)c(OC)c1. The van der Waals surface area contributed by atoms with E-state index in [4.69, 9.17) is 23.7 Å². The lowest BCUT2D eigenvalue weighted by Gasteiger charge is -2.28. The third-order valence-electron chi connectivity index (χ3n) is 4.67. The van der Waals surface area contributed by atoms with Crippen molar-refractivity contribution in [3.8, 4) is 34.5 Å². The standard InChI is InChI=1S/C21H28O8/c1-6-29-21(13-9-17(27-4)20(24)18(10-13)28-5)14(11-22)12-7-15(25-2)19(23)16(8-12)26-3/h7-10,14,21-24H,6,11H2,1-5H3. The van der Waals surface area contributed by atoms with Gasteiger partial charge in [0, 0.05) is 12.5 Å². The molecule has 0 aromatic heterocycles. The van der Waals surface area contributed by atoms with Crippen molar-refractivity contribution in [3.05, 3.63) is 35.4 Å². The Labute approximate surface area is 170 Å². The van der Waals surface area contributed by atoms with E-state index < -0.39 is 12.0 Å². The number of rotatable bonds is 10. The molecular weight excluding hydrogens is 380 g/mol. The minimum atomic E-state index is -0.604. The molecule has 160 valence electrons. The zero-order valence-electron chi connectivity index (χ0n) is 17.3. The monoisotopic (exact) mass is 408 g/mol. The molecule has 2 unspecified atom stereocenters. The van der Waals surface area contributed by atoms with Crippen molar-refractivity contribution in [2.75, 3.05) is 41.7 Å². The van der Waals surface area contributed by atoms with Crippen LogP contribution >= 0.6 is 0 Å².